The molecule has 3 N–H and O–H groups in total. The van der Waals surface area contributed by atoms with Gasteiger partial charge in [0.1, 0.15) is 5.72 Å². The van der Waals surface area contributed by atoms with E-state index in [1.54, 1.807) is 0 Å². The van der Waals surface area contributed by atoms with Gasteiger partial charge in [0.15, 0.2) is 0 Å². The number of nitrogens with two attached hydrogens (primary N) is 1. The Kier molecular flexibility index (Phi) is 8.19. The third-order valence-corrected chi connectivity index (χ3v) is 4.81. The molecule has 0 radical (unpaired) electrons. The van der Waals surface area contributed by atoms with Gasteiger partial charge in [-0.3, -0.25) is 5.84 Å². The van der Waals surface area contributed by atoms with Crippen LogP contribution in [-0.4, -0.2) is 27.7 Å². The zero-order valence-corrected chi connectivity index (χ0v) is 12.8. The van der Waals surface area contributed by atoms with Gasteiger partial charge in [-0.25, -0.2) is 5.43 Å². The van der Waals surface area contributed by atoms with Crippen LogP contribution in [0.2, 0.25) is 6.55 Å². The van der Waals surface area contributed by atoms with Gasteiger partial charge >= 0.3 is 8.80 Å². The molecule has 104 valence electrons. The zero-order chi connectivity index (χ0) is 13.4. The summed E-state index contributed by atoms with van der Waals surface area (Å²) in [4.78, 5) is 0. The minimum absolute atomic E-state index is 0.595. The van der Waals surface area contributed by atoms with Crippen molar-refractivity contribution in [2.24, 2.45) is 5.84 Å². The van der Waals surface area contributed by atoms with Gasteiger partial charge in [-0.15, -0.1) is 0 Å². The van der Waals surface area contributed by atoms with Gasteiger partial charge in [0.2, 0.25) is 0 Å². The molecule has 0 aromatic heterocycles. The Morgan fingerprint density at radius 1 is 1.12 bits per heavy atom. The summed E-state index contributed by atoms with van der Waals surface area (Å²) in [6, 6.07) is 0. The third kappa shape index (κ3) is 6.49. The normalized spacial score (nSPS) is 15.9. The molecule has 5 nitrogen and oxygen atoms in total. The van der Waals surface area contributed by atoms with E-state index in [1.807, 2.05) is 20.4 Å². The minimum Gasteiger partial charge on any atom is -0.374 e. The molecule has 0 bridgehead atoms. The van der Waals surface area contributed by atoms with Gasteiger partial charge in [-0.05, 0) is 26.2 Å². The Labute approximate surface area is 106 Å². The molecular weight excluding hydrogens is 236 g/mol. The Balaban J connectivity index is 4.54. The van der Waals surface area contributed by atoms with Crippen LogP contribution in [0.4, 0.5) is 0 Å². The fraction of sp³-hybridized carbons (Fsp3) is 1.00. The summed E-state index contributed by atoms with van der Waals surface area (Å²) in [6.45, 7) is 11.3. The van der Waals surface area contributed by atoms with E-state index in [4.69, 9.17) is 19.1 Å². The van der Waals surface area contributed by atoms with Crippen LogP contribution in [0.25, 0.3) is 0 Å². The lowest BCUT2D eigenvalue weighted by atomic mass is 10.2. The molecule has 0 aromatic carbocycles. The maximum absolute atomic E-state index is 5.99. The molecule has 17 heavy (non-hydrogen) atoms. The van der Waals surface area contributed by atoms with Crippen molar-refractivity contribution in [3.05, 3.63) is 0 Å². The Morgan fingerprint density at radius 2 is 1.59 bits per heavy atom. The lowest BCUT2D eigenvalue weighted by Gasteiger charge is -2.36. The van der Waals surface area contributed by atoms with Crippen molar-refractivity contribution in [1.29, 1.82) is 0 Å². The Hall–Kier alpha value is 0.0169. The molecule has 0 aliphatic rings. The first kappa shape index (κ1) is 17.0. The first-order chi connectivity index (χ1) is 7.95. The molecule has 0 aromatic rings. The van der Waals surface area contributed by atoms with Crippen LogP contribution in [0.5, 0.6) is 0 Å². The molecule has 1 unspecified atom stereocenters. The summed E-state index contributed by atoms with van der Waals surface area (Å²) >= 11 is 0. The molecule has 0 fully saturated rings. The zero-order valence-electron chi connectivity index (χ0n) is 11.8. The topological polar surface area (TPSA) is 65.7 Å². The maximum Gasteiger partial charge on any atom is 0.499 e. The number of hydrogen-bond donors (Lipinski definition) is 2. The first-order valence-corrected chi connectivity index (χ1v) is 8.63. The second-order valence-electron chi connectivity index (χ2n) is 4.39. The van der Waals surface area contributed by atoms with Crippen LogP contribution in [0.15, 0.2) is 0 Å². The van der Waals surface area contributed by atoms with Gasteiger partial charge in [0, 0.05) is 19.8 Å². The molecule has 0 aliphatic carbocycles. The number of nitrogens with one attached hydrogen (secondary N) is 1. The summed E-state index contributed by atoms with van der Waals surface area (Å²) in [7, 11) is -2.61. The summed E-state index contributed by atoms with van der Waals surface area (Å²) in [6.07, 6.45) is 2.64. The molecule has 0 amide bonds. The fourth-order valence-electron chi connectivity index (χ4n) is 1.29. The summed E-state index contributed by atoms with van der Waals surface area (Å²) in [5.41, 5.74) is 2.09. The molecule has 0 heterocycles. The number of rotatable bonds is 10. The molecule has 0 aliphatic heterocycles. The van der Waals surface area contributed by atoms with Crippen LogP contribution in [0, 0.1) is 0 Å². The smallest absolute Gasteiger partial charge is 0.374 e. The van der Waals surface area contributed by atoms with E-state index in [9.17, 15) is 0 Å². The van der Waals surface area contributed by atoms with E-state index in [0.29, 0.717) is 13.2 Å². The largest absolute Gasteiger partial charge is 0.499 e. The van der Waals surface area contributed by atoms with Gasteiger partial charge in [-0.1, -0.05) is 20.8 Å². The van der Waals surface area contributed by atoms with Crippen LogP contribution in [0.1, 0.15) is 47.0 Å². The van der Waals surface area contributed by atoms with Crippen molar-refractivity contribution >= 4 is 8.80 Å². The second kappa shape index (κ2) is 8.18. The highest BCUT2D eigenvalue weighted by Crippen LogP contribution is 2.20. The molecule has 0 saturated heterocycles. The van der Waals surface area contributed by atoms with Gasteiger partial charge in [0.05, 0.1) is 0 Å². The van der Waals surface area contributed by atoms with Crippen molar-refractivity contribution in [2.75, 3.05) is 13.2 Å². The summed E-state index contributed by atoms with van der Waals surface area (Å²) in [5, 5.41) is 0. The minimum atomic E-state index is -2.61. The van der Waals surface area contributed by atoms with E-state index in [-0.39, 0.29) is 0 Å². The SMILES string of the molecule is CCCO[Si](C)(OCCC)OC(C)(CC)NN. The predicted octanol–water partition coefficient (Wildman–Crippen LogP) is 2.01. The average molecular weight is 264 g/mol. The Bertz CT molecular complexity index is 193. The molecular formula is C11H28N2O3Si. The van der Waals surface area contributed by atoms with E-state index < -0.39 is 14.5 Å². The summed E-state index contributed by atoms with van der Waals surface area (Å²) < 4.78 is 17.5. The van der Waals surface area contributed by atoms with Crippen molar-refractivity contribution in [1.82, 2.24) is 5.43 Å². The number of hydrogen-bond acceptors (Lipinski definition) is 5. The second-order valence-corrected chi connectivity index (χ2v) is 6.90. The Morgan fingerprint density at radius 3 is 1.88 bits per heavy atom. The highest BCUT2D eigenvalue weighted by Gasteiger charge is 2.41. The van der Waals surface area contributed by atoms with E-state index >= 15 is 0 Å². The fourth-order valence-corrected chi connectivity index (χ4v) is 3.66. The summed E-state index contributed by atoms with van der Waals surface area (Å²) in [5.74, 6) is 5.52. The lowest BCUT2D eigenvalue weighted by Crippen LogP contribution is -2.58. The van der Waals surface area contributed by atoms with Crippen molar-refractivity contribution < 1.29 is 13.3 Å². The number of hydrazine groups is 1. The highest BCUT2D eigenvalue weighted by atomic mass is 28.4. The van der Waals surface area contributed by atoms with Crippen LogP contribution in [0.3, 0.4) is 0 Å². The molecule has 1 atom stereocenters. The molecule has 0 saturated carbocycles. The van der Waals surface area contributed by atoms with Crippen LogP contribution >= 0.6 is 0 Å². The average Bonchev–Trinajstić information content (AvgIpc) is 2.34. The van der Waals surface area contributed by atoms with E-state index in [0.717, 1.165) is 19.3 Å². The van der Waals surface area contributed by atoms with Crippen molar-refractivity contribution in [3.8, 4) is 0 Å². The molecule has 6 heteroatoms. The van der Waals surface area contributed by atoms with Crippen LogP contribution < -0.4 is 11.3 Å². The van der Waals surface area contributed by atoms with Gasteiger partial charge < -0.3 is 13.3 Å². The standard InChI is InChI=1S/C11H28N2O3Si/c1-6-9-14-17(5,15-10-7-2)16-11(4,8-3)13-12/h13H,6-10,12H2,1-5H3. The first-order valence-electron chi connectivity index (χ1n) is 6.41. The maximum atomic E-state index is 5.99. The van der Waals surface area contributed by atoms with Crippen LogP contribution in [-0.2, 0) is 13.3 Å². The van der Waals surface area contributed by atoms with E-state index in [2.05, 4.69) is 19.3 Å². The van der Waals surface area contributed by atoms with Crippen molar-refractivity contribution in [2.45, 2.75) is 59.2 Å². The third-order valence-electron chi connectivity index (χ3n) is 2.53. The van der Waals surface area contributed by atoms with E-state index in [1.165, 1.54) is 0 Å². The van der Waals surface area contributed by atoms with Gasteiger partial charge in [0.25, 0.3) is 0 Å². The lowest BCUT2D eigenvalue weighted by molar-refractivity contribution is -0.0408. The monoisotopic (exact) mass is 264 g/mol. The molecule has 0 spiro atoms. The highest BCUT2D eigenvalue weighted by molar-refractivity contribution is 6.59. The predicted molar refractivity (Wildman–Crippen MR) is 71.2 cm³/mol. The molecule has 0 rings (SSSR count). The quantitative estimate of drug-likeness (QED) is 0.273. The van der Waals surface area contributed by atoms with Gasteiger partial charge in [-0.2, -0.15) is 0 Å². The van der Waals surface area contributed by atoms with Crippen molar-refractivity contribution in [3.63, 3.8) is 0 Å².